The Labute approximate surface area is 152 Å². The van der Waals surface area contributed by atoms with E-state index in [-0.39, 0.29) is 16.9 Å². The van der Waals surface area contributed by atoms with E-state index in [1.165, 1.54) is 0 Å². The number of benzene rings is 1. The van der Waals surface area contributed by atoms with Gasteiger partial charge in [-0.15, -0.1) is 0 Å². The Kier molecular flexibility index (Phi) is 7.03. The lowest BCUT2D eigenvalue weighted by atomic mass is 10.2. The van der Waals surface area contributed by atoms with Crippen molar-refractivity contribution in [2.75, 3.05) is 39.2 Å². The van der Waals surface area contributed by atoms with Gasteiger partial charge in [0, 0.05) is 12.2 Å². The first kappa shape index (κ1) is 19.0. The van der Waals surface area contributed by atoms with Crippen molar-refractivity contribution in [2.24, 2.45) is 0 Å². The molecule has 0 aliphatic rings. The van der Waals surface area contributed by atoms with Crippen molar-refractivity contribution in [3.8, 4) is 11.6 Å². The molecule has 0 saturated carbocycles. The van der Waals surface area contributed by atoms with E-state index in [1.807, 2.05) is 38.1 Å². The molecule has 0 spiro atoms. The molecule has 1 N–H and O–H groups in total. The third-order valence-corrected chi connectivity index (χ3v) is 3.48. The fraction of sp³-hybridized carbons (Fsp3) is 0.333. The molecule has 0 aliphatic heterocycles. The van der Waals surface area contributed by atoms with Crippen molar-refractivity contribution < 1.29 is 14.3 Å². The van der Waals surface area contributed by atoms with Crippen LogP contribution in [0.1, 0.15) is 17.3 Å². The molecule has 0 fully saturated rings. The third kappa shape index (κ3) is 5.92. The van der Waals surface area contributed by atoms with Crippen molar-refractivity contribution >= 4 is 23.2 Å². The molecule has 0 aliphatic carbocycles. The number of rotatable bonds is 8. The number of likely N-dealkylation sites (N-methyl/N-ethyl adjacent to an activating group) is 1. The second-order valence-corrected chi connectivity index (χ2v) is 5.94. The van der Waals surface area contributed by atoms with Gasteiger partial charge in [-0.1, -0.05) is 11.6 Å². The summed E-state index contributed by atoms with van der Waals surface area (Å²) in [5.74, 6) is 0.660. The molecule has 25 heavy (non-hydrogen) atoms. The number of anilines is 1. The molecule has 0 saturated heterocycles. The summed E-state index contributed by atoms with van der Waals surface area (Å²) in [6.45, 7) is 3.65. The number of ether oxygens (including phenoxy) is 2. The van der Waals surface area contributed by atoms with E-state index in [1.54, 1.807) is 24.3 Å². The van der Waals surface area contributed by atoms with Crippen molar-refractivity contribution in [1.82, 2.24) is 9.88 Å². The second-order valence-electron chi connectivity index (χ2n) is 5.55. The smallest absolute Gasteiger partial charge is 0.261 e. The van der Waals surface area contributed by atoms with Crippen LogP contribution in [0.25, 0.3) is 0 Å². The first-order valence-corrected chi connectivity index (χ1v) is 8.35. The average molecular weight is 364 g/mol. The van der Waals surface area contributed by atoms with E-state index < -0.39 is 0 Å². The van der Waals surface area contributed by atoms with Crippen LogP contribution in [-0.4, -0.2) is 49.6 Å². The Morgan fingerprint density at radius 2 is 1.88 bits per heavy atom. The van der Waals surface area contributed by atoms with Gasteiger partial charge in [0.25, 0.3) is 5.91 Å². The summed E-state index contributed by atoms with van der Waals surface area (Å²) in [6.07, 6.45) is 0. The fourth-order valence-electron chi connectivity index (χ4n) is 2.02. The Hall–Kier alpha value is -2.31. The lowest BCUT2D eigenvalue weighted by Crippen LogP contribution is -2.19. The molecule has 0 unspecified atom stereocenters. The van der Waals surface area contributed by atoms with Gasteiger partial charge >= 0.3 is 0 Å². The Bertz CT molecular complexity index is 705. The predicted molar refractivity (Wildman–Crippen MR) is 98.9 cm³/mol. The predicted octanol–water partition coefficient (Wildman–Crippen LogP) is 3.33. The van der Waals surface area contributed by atoms with Gasteiger partial charge in [0.1, 0.15) is 23.1 Å². The highest BCUT2D eigenvalue weighted by Crippen LogP contribution is 2.21. The number of hydrogen-bond donors (Lipinski definition) is 1. The van der Waals surface area contributed by atoms with E-state index in [4.69, 9.17) is 21.1 Å². The Balaban J connectivity index is 2.01. The number of pyridine rings is 1. The number of hydrogen-bond acceptors (Lipinski definition) is 5. The quantitative estimate of drug-likeness (QED) is 0.729. The average Bonchev–Trinajstić information content (AvgIpc) is 2.56. The van der Waals surface area contributed by atoms with Crippen LogP contribution in [-0.2, 0) is 0 Å². The van der Waals surface area contributed by atoms with Crippen molar-refractivity contribution in [3.63, 3.8) is 0 Å². The lowest BCUT2D eigenvalue weighted by Gasteiger charge is -2.12. The number of halogens is 1. The minimum Gasteiger partial charge on any atom is -0.492 e. The van der Waals surface area contributed by atoms with Gasteiger partial charge < -0.3 is 19.7 Å². The monoisotopic (exact) mass is 363 g/mol. The third-order valence-electron chi connectivity index (χ3n) is 3.27. The summed E-state index contributed by atoms with van der Waals surface area (Å²) in [5.41, 5.74) is 0.986. The highest BCUT2D eigenvalue weighted by Gasteiger charge is 2.15. The van der Waals surface area contributed by atoms with Crippen LogP contribution in [0.15, 0.2) is 36.4 Å². The summed E-state index contributed by atoms with van der Waals surface area (Å²) < 4.78 is 11.0. The molecule has 0 atom stereocenters. The first-order chi connectivity index (χ1) is 12.0. The van der Waals surface area contributed by atoms with E-state index in [9.17, 15) is 4.79 Å². The van der Waals surface area contributed by atoms with Gasteiger partial charge in [-0.2, -0.15) is 0 Å². The molecule has 2 aromatic rings. The zero-order chi connectivity index (χ0) is 18.2. The van der Waals surface area contributed by atoms with Gasteiger partial charge in [0.05, 0.1) is 6.61 Å². The molecular formula is C18H22ClN3O3. The number of aromatic nitrogens is 1. The fourth-order valence-corrected chi connectivity index (χ4v) is 2.16. The molecule has 1 aromatic carbocycles. The summed E-state index contributed by atoms with van der Waals surface area (Å²) in [6, 6.07) is 10.3. The highest BCUT2D eigenvalue weighted by molar-refractivity contribution is 6.29. The molecule has 2 rings (SSSR count). The molecule has 134 valence electrons. The lowest BCUT2D eigenvalue weighted by molar-refractivity contribution is 0.102. The summed E-state index contributed by atoms with van der Waals surface area (Å²) >= 11 is 5.86. The molecule has 0 radical (unpaired) electrons. The Morgan fingerprint density at radius 1 is 1.16 bits per heavy atom. The van der Waals surface area contributed by atoms with Crippen LogP contribution in [0.2, 0.25) is 5.15 Å². The molecule has 1 amide bonds. The number of carbonyl (C=O) groups excluding carboxylic acids is 1. The SMILES string of the molecule is CCOc1nc(Cl)ccc1C(=O)Nc1ccc(OCCN(C)C)cc1. The van der Waals surface area contributed by atoms with Crippen LogP contribution < -0.4 is 14.8 Å². The summed E-state index contributed by atoms with van der Waals surface area (Å²) in [5, 5.41) is 3.09. The van der Waals surface area contributed by atoms with Crippen LogP contribution in [0.3, 0.4) is 0 Å². The van der Waals surface area contributed by atoms with E-state index >= 15 is 0 Å². The van der Waals surface area contributed by atoms with Crippen molar-refractivity contribution in [2.45, 2.75) is 6.92 Å². The van der Waals surface area contributed by atoms with Gasteiger partial charge in [-0.3, -0.25) is 4.79 Å². The maximum absolute atomic E-state index is 12.4. The van der Waals surface area contributed by atoms with Crippen LogP contribution >= 0.6 is 11.6 Å². The van der Waals surface area contributed by atoms with E-state index in [2.05, 4.69) is 10.3 Å². The van der Waals surface area contributed by atoms with Gasteiger partial charge in [0.15, 0.2) is 0 Å². The largest absolute Gasteiger partial charge is 0.492 e. The number of nitrogens with one attached hydrogen (secondary N) is 1. The Morgan fingerprint density at radius 3 is 2.52 bits per heavy atom. The normalized spacial score (nSPS) is 10.6. The maximum atomic E-state index is 12.4. The minimum atomic E-state index is -0.311. The number of nitrogens with zero attached hydrogens (tertiary/aromatic N) is 2. The van der Waals surface area contributed by atoms with Crippen molar-refractivity contribution in [1.29, 1.82) is 0 Å². The molecule has 7 heteroatoms. The number of amides is 1. The maximum Gasteiger partial charge on any atom is 0.261 e. The minimum absolute atomic E-state index is 0.219. The summed E-state index contributed by atoms with van der Waals surface area (Å²) in [4.78, 5) is 18.5. The van der Waals surface area contributed by atoms with Crippen molar-refractivity contribution in [3.05, 3.63) is 47.1 Å². The number of carbonyl (C=O) groups is 1. The zero-order valence-electron chi connectivity index (χ0n) is 14.6. The summed E-state index contributed by atoms with van der Waals surface area (Å²) in [7, 11) is 3.98. The van der Waals surface area contributed by atoms with Crippen LogP contribution in [0.4, 0.5) is 5.69 Å². The molecular weight excluding hydrogens is 342 g/mol. The molecule has 6 nitrogen and oxygen atoms in total. The second kappa shape index (κ2) is 9.25. The molecule has 1 heterocycles. The molecule has 0 bridgehead atoms. The van der Waals surface area contributed by atoms with E-state index in [0.717, 1.165) is 12.3 Å². The molecule has 1 aromatic heterocycles. The van der Waals surface area contributed by atoms with E-state index in [0.29, 0.717) is 24.5 Å². The zero-order valence-corrected chi connectivity index (χ0v) is 15.3. The first-order valence-electron chi connectivity index (χ1n) is 7.98. The standard InChI is InChI=1S/C18H22ClN3O3/c1-4-24-18-15(9-10-16(19)21-18)17(23)20-13-5-7-14(8-6-13)25-12-11-22(2)3/h5-10H,4,11-12H2,1-3H3,(H,20,23). The topological polar surface area (TPSA) is 63.7 Å². The van der Waals surface area contributed by atoms with Crippen LogP contribution in [0.5, 0.6) is 11.6 Å². The van der Waals surface area contributed by atoms with Crippen LogP contribution in [0, 0.1) is 0 Å². The van der Waals surface area contributed by atoms with Gasteiger partial charge in [0.2, 0.25) is 5.88 Å². The van der Waals surface area contributed by atoms with Gasteiger partial charge in [-0.05, 0) is 57.4 Å². The van der Waals surface area contributed by atoms with Gasteiger partial charge in [-0.25, -0.2) is 4.98 Å². The highest BCUT2D eigenvalue weighted by atomic mass is 35.5.